The van der Waals surface area contributed by atoms with Crippen LogP contribution in [0.5, 0.6) is 0 Å². The summed E-state index contributed by atoms with van der Waals surface area (Å²) >= 11 is 4.82. The standard InChI is InChI=1S/C15H14BrFOS/c1-10(18)11-3-6-14(7-4-11)19-9-12-2-5-13(16)8-15(12)17/h2-8,10,18H,9H2,1H3. The maximum atomic E-state index is 13.6. The van der Waals surface area contributed by atoms with E-state index in [4.69, 9.17) is 0 Å². The average Bonchev–Trinajstić information content (AvgIpc) is 2.38. The Morgan fingerprint density at radius 1 is 1.21 bits per heavy atom. The molecule has 0 saturated heterocycles. The van der Waals surface area contributed by atoms with Crippen LogP contribution in [0.2, 0.25) is 0 Å². The third-order valence-corrected chi connectivity index (χ3v) is 4.33. The van der Waals surface area contributed by atoms with Crippen molar-refractivity contribution in [2.24, 2.45) is 0 Å². The van der Waals surface area contributed by atoms with Crippen LogP contribution in [0.25, 0.3) is 0 Å². The Labute approximate surface area is 125 Å². The summed E-state index contributed by atoms with van der Waals surface area (Å²) in [5, 5.41) is 9.42. The Morgan fingerprint density at radius 3 is 2.47 bits per heavy atom. The molecule has 2 rings (SSSR count). The molecule has 100 valence electrons. The monoisotopic (exact) mass is 340 g/mol. The van der Waals surface area contributed by atoms with Gasteiger partial charge in [0.1, 0.15) is 5.82 Å². The van der Waals surface area contributed by atoms with Crippen molar-refractivity contribution in [1.29, 1.82) is 0 Å². The number of hydrogen-bond acceptors (Lipinski definition) is 2. The fourth-order valence-electron chi connectivity index (χ4n) is 1.64. The van der Waals surface area contributed by atoms with Gasteiger partial charge < -0.3 is 5.11 Å². The van der Waals surface area contributed by atoms with E-state index in [1.807, 2.05) is 30.3 Å². The van der Waals surface area contributed by atoms with Crippen LogP contribution >= 0.6 is 27.7 Å². The molecular weight excluding hydrogens is 327 g/mol. The summed E-state index contributed by atoms with van der Waals surface area (Å²) in [4.78, 5) is 1.06. The van der Waals surface area contributed by atoms with Crippen molar-refractivity contribution in [3.8, 4) is 0 Å². The molecule has 2 aromatic carbocycles. The highest BCUT2D eigenvalue weighted by molar-refractivity contribution is 9.10. The number of aliphatic hydroxyl groups is 1. The zero-order chi connectivity index (χ0) is 13.8. The number of aliphatic hydroxyl groups excluding tert-OH is 1. The molecule has 1 atom stereocenters. The predicted octanol–water partition coefficient (Wildman–Crippen LogP) is 4.93. The van der Waals surface area contributed by atoms with E-state index in [9.17, 15) is 9.50 Å². The quantitative estimate of drug-likeness (QED) is 0.796. The summed E-state index contributed by atoms with van der Waals surface area (Å²) in [6, 6.07) is 12.8. The van der Waals surface area contributed by atoms with Gasteiger partial charge in [-0.3, -0.25) is 0 Å². The molecule has 1 N–H and O–H groups in total. The second-order valence-electron chi connectivity index (χ2n) is 4.27. The zero-order valence-electron chi connectivity index (χ0n) is 10.4. The first-order valence-electron chi connectivity index (χ1n) is 5.91. The van der Waals surface area contributed by atoms with E-state index in [1.54, 1.807) is 24.8 Å². The van der Waals surface area contributed by atoms with Gasteiger partial charge in [-0.25, -0.2) is 4.39 Å². The van der Waals surface area contributed by atoms with Crippen LogP contribution in [0.4, 0.5) is 4.39 Å². The lowest BCUT2D eigenvalue weighted by Crippen LogP contribution is -1.90. The minimum Gasteiger partial charge on any atom is -0.389 e. The van der Waals surface area contributed by atoms with Crippen molar-refractivity contribution >= 4 is 27.7 Å². The molecule has 0 saturated carbocycles. The molecular formula is C15H14BrFOS. The van der Waals surface area contributed by atoms with Crippen molar-refractivity contribution in [2.45, 2.75) is 23.7 Å². The van der Waals surface area contributed by atoms with Crippen LogP contribution in [0.3, 0.4) is 0 Å². The van der Waals surface area contributed by atoms with E-state index in [-0.39, 0.29) is 5.82 Å². The van der Waals surface area contributed by atoms with E-state index >= 15 is 0 Å². The van der Waals surface area contributed by atoms with Gasteiger partial charge in [0.15, 0.2) is 0 Å². The highest BCUT2D eigenvalue weighted by Crippen LogP contribution is 2.26. The molecule has 0 aliphatic rings. The van der Waals surface area contributed by atoms with Crippen molar-refractivity contribution in [3.63, 3.8) is 0 Å². The SMILES string of the molecule is CC(O)c1ccc(SCc2ccc(Br)cc2F)cc1. The van der Waals surface area contributed by atoms with Gasteiger partial charge in [0.2, 0.25) is 0 Å². The van der Waals surface area contributed by atoms with Crippen molar-refractivity contribution in [3.05, 3.63) is 63.9 Å². The third kappa shape index (κ3) is 4.06. The summed E-state index contributed by atoms with van der Waals surface area (Å²) in [5.74, 6) is 0.398. The molecule has 0 fully saturated rings. The molecule has 0 aromatic heterocycles. The van der Waals surface area contributed by atoms with Gasteiger partial charge in [0.25, 0.3) is 0 Å². The van der Waals surface area contributed by atoms with Crippen LogP contribution in [0, 0.1) is 5.82 Å². The number of rotatable bonds is 4. The first-order chi connectivity index (χ1) is 9.06. The Kier molecular flexibility index (Phi) is 5.02. The van der Waals surface area contributed by atoms with Gasteiger partial charge in [0.05, 0.1) is 6.10 Å². The number of hydrogen-bond donors (Lipinski definition) is 1. The topological polar surface area (TPSA) is 20.2 Å². The van der Waals surface area contributed by atoms with Crippen LogP contribution in [-0.2, 0) is 5.75 Å². The highest BCUT2D eigenvalue weighted by Gasteiger charge is 2.05. The summed E-state index contributed by atoms with van der Waals surface area (Å²) in [6.07, 6.45) is -0.456. The fraction of sp³-hybridized carbons (Fsp3) is 0.200. The van der Waals surface area contributed by atoms with E-state index in [2.05, 4.69) is 15.9 Å². The van der Waals surface area contributed by atoms with Gasteiger partial charge in [-0.05, 0) is 42.3 Å². The summed E-state index contributed by atoms with van der Waals surface area (Å²) in [5.41, 5.74) is 1.58. The Hall–Kier alpha value is -0.840. The van der Waals surface area contributed by atoms with Crippen molar-refractivity contribution in [2.75, 3.05) is 0 Å². The molecule has 1 unspecified atom stereocenters. The normalized spacial score (nSPS) is 12.4. The lowest BCUT2D eigenvalue weighted by Gasteiger charge is -2.07. The van der Waals surface area contributed by atoms with Crippen LogP contribution in [0.15, 0.2) is 51.8 Å². The Morgan fingerprint density at radius 2 is 1.89 bits per heavy atom. The van der Waals surface area contributed by atoms with Gasteiger partial charge in [0, 0.05) is 15.1 Å². The molecule has 0 amide bonds. The van der Waals surface area contributed by atoms with E-state index < -0.39 is 6.10 Å². The second kappa shape index (κ2) is 6.55. The predicted molar refractivity (Wildman–Crippen MR) is 80.7 cm³/mol. The molecule has 1 nitrogen and oxygen atoms in total. The molecule has 0 bridgehead atoms. The fourth-order valence-corrected chi connectivity index (χ4v) is 2.86. The lowest BCUT2D eigenvalue weighted by atomic mass is 10.1. The van der Waals surface area contributed by atoms with Gasteiger partial charge in [-0.15, -0.1) is 11.8 Å². The van der Waals surface area contributed by atoms with Gasteiger partial charge in [-0.1, -0.05) is 34.1 Å². The van der Waals surface area contributed by atoms with E-state index in [0.29, 0.717) is 11.3 Å². The number of halogens is 2. The summed E-state index contributed by atoms with van der Waals surface area (Å²) in [7, 11) is 0. The van der Waals surface area contributed by atoms with Crippen LogP contribution in [-0.4, -0.2) is 5.11 Å². The van der Waals surface area contributed by atoms with Gasteiger partial charge >= 0.3 is 0 Å². The van der Waals surface area contributed by atoms with Crippen LogP contribution < -0.4 is 0 Å². The smallest absolute Gasteiger partial charge is 0.128 e. The minimum atomic E-state index is -0.456. The molecule has 2 aromatic rings. The third-order valence-electron chi connectivity index (χ3n) is 2.77. The molecule has 0 spiro atoms. The molecule has 0 aliphatic carbocycles. The molecule has 0 aliphatic heterocycles. The largest absolute Gasteiger partial charge is 0.389 e. The maximum Gasteiger partial charge on any atom is 0.128 e. The number of thioether (sulfide) groups is 1. The maximum absolute atomic E-state index is 13.6. The van der Waals surface area contributed by atoms with Gasteiger partial charge in [-0.2, -0.15) is 0 Å². The Bertz CT molecular complexity index is 555. The minimum absolute atomic E-state index is 0.192. The average molecular weight is 341 g/mol. The van der Waals surface area contributed by atoms with E-state index in [0.717, 1.165) is 14.9 Å². The van der Waals surface area contributed by atoms with E-state index in [1.165, 1.54) is 6.07 Å². The summed E-state index contributed by atoms with van der Waals surface area (Å²) < 4.78 is 14.4. The molecule has 19 heavy (non-hydrogen) atoms. The summed E-state index contributed by atoms with van der Waals surface area (Å²) in [6.45, 7) is 1.74. The molecule has 0 heterocycles. The van der Waals surface area contributed by atoms with Crippen molar-refractivity contribution < 1.29 is 9.50 Å². The van der Waals surface area contributed by atoms with Crippen LogP contribution in [0.1, 0.15) is 24.2 Å². The lowest BCUT2D eigenvalue weighted by molar-refractivity contribution is 0.199. The molecule has 4 heteroatoms. The molecule has 0 radical (unpaired) electrons. The second-order valence-corrected chi connectivity index (χ2v) is 6.23. The Balaban J connectivity index is 2.02. The number of benzene rings is 2. The highest BCUT2D eigenvalue weighted by atomic mass is 79.9. The van der Waals surface area contributed by atoms with Crippen molar-refractivity contribution in [1.82, 2.24) is 0 Å². The zero-order valence-corrected chi connectivity index (χ0v) is 12.8. The first-order valence-corrected chi connectivity index (χ1v) is 7.69. The first kappa shape index (κ1) is 14.6.